The van der Waals surface area contributed by atoms with E-state index < -0.39 is 29.4 Å². The number of aliphatic hydroxyl groups is 1. The number of rotatable bonds is 8. The minimum absolute atomic E-state index is 0.119. The Morgan fingerprint density at radius 2 is 2.14 bits per heavy atom. The van der Waals surface area contributed by atoms with Crippen LogP contribution in [-0.4, -0.2) is 46.3 Å². The summed E-state index contributed by atoms with van der Waals surface area (Å²) in [5.74, 6) is -1.86. The number of ether oxygens (including phenoxy) is 1. The van der Waals surface area contributed by atoms with Crippen molar-refractivity contribution in [2.45, 2.75) is 12.5 Å². The molecule has 0 unspecified atom stereocenters. The molecule has 0 aromatic heterocycles. The Balaban J connectivity index is 2.54. The van der Waals surface area contributed by atoms with E-state index in [1.807, 2.05) is 0 Å². The lowest BCUT2D eigenvalue weighted by atomic mass is 10.2. The number of aliphatic hydroxyl groups excluding tert-OH is 1. The number of nitro groups is 1. The molecule has 0 fully saturated rings. The number of aliphatic carboxylic acids is 1. The molecule has 0 aliphatic heterocycles. The summed E-state index contributed by atoms with van der Waals surface area (Å²) in [4.78, 5) is 32.2. The summed E-state index contributed by atoms with van der Waals surface area (Å²) in [6.45, 7) is -0.876. The highest BCUT2D eigenvalue weighted by Gasteiger charge is 2.19. The van der Waals surface area contributed by atoms with Crippen LogP contribution in [0.5, 0.6) is 5.75 Å². The molecule has 1 aromatic rings. The third kappa shape index (κ3) is 5.45. The van der Waals surface area contributed by atoms with Crippen molar-refractivity contribution < 1.29 is 29.5 Å². The van der Waals surface area contributed by atoms with Crippen LogP contribution < -0.4 is 10.1 Å². The van der Waals surface area contributed by atoms with Crippen molar-refractivity contribution in [3.8, 4) is 5.75 Å². The van der Waals surface area contributed by atoms with Gasteiger partial charge >= 0.3 is 5.97 Å². The summed E-state index contributed by atoms with van der Waals surface area (Å²) < 4.78 is 5.05. The Kier molecular flexibility index (Phi) is 6.08. The molecule has 3 N–H and O–H groups in total. The summed E-state index contributed by atoms with van der Waals surface area (Å²) >= 11 is 0. The highest BCUT2D eigenvalue weighted by Crippen LogP contribution is 2.18. The minimum Gasteiger partial charge on any atom is -0.484 e. The summed E-state index contributed by atoms with van der Waals surface area (Å²) in [5.41, 5.74) is -0.184. The van der Waals surface area contributed by atoms with Crippen LogP contribution in [0, 0.1) is 10.1 Å². The van der Waals surface area contributed by atoms with Crippen molar-refractivity contribution in [2.75, 3.05) is 13.2 Å². The molecule has 0 aliphatic rings. The maximum Gasteiger partial charge on any atom is 0.326 e. The van der Waals surface area contributed by atoms with Crippen molar-refractivity contribution in [3.05, 3.63) is 34.4 Å². The van der Waals surface area contributed by atoms with E-state index in [9.17, 15) is 19.7 Å². The zero-order valence-electron chi connectivity index (χ0n) is 10.9. The fourth-order valence-electron chi connectivity index (χ4n) is 1.46. The molecule has 114 valence electrons. The lowest BCUT2D eigenvalue weighted by molar-refractivity contribution is -0.384. The van der Waals surface area contributed by atoms with Crippen LogP contribution in [0.25, 0.3) is 0 Å². The molecule has 1 atom stereocenters. The molecule has 1 amide bonds. The van der Waals surface area contributed by atoms with Crippen LogP contribution in [0.2, 0.25) is 0 Å². The number of nitrogens with one attached hydrogen (secondary N) is 1. The number of amides is 1. The summed E-state index contributed by atoms with van der Waals surface area (Å²) in [5, 5.41) is 30.2. The van der Waals surface area contributed by atoms with E-state index >= 15 is 0 Å². The van der Waals surface area contributed by atoms with Crippen molar-refractivity contribution >= 4 is 17.6 Å². The lowest BCUT2D eigenvalue weighted by Crippen LogP contribution is -2.43. The van der Waals surface area contributed by atoms with E-state index in [1.165, 1.54) is 18.2 Å². The predicted octanol–water partition coefficient (Wildman–Crippen LogP) is -0.0746. The van der Waals surface area contributed by atoms with Gasteiger partial charge in [0.15, 0.2) is 6.61 Å². The molecule has 0 saturated heterocycles. The maximum absolute atomic E-state index is 11.5. The molecule has 9 heteroatoms. The normalized spacial score (nSPS) is 11.5. The maximum atomic E-state index is 11.5. The molecule has 0 bridgehead atoms. The molecule has 0 heterocycles. The van der Waals surface area contributed by atoms with Gasteiger partial charge in [0.05, 0.1) is 11.0 Å². The third-order valence-electron chi connectivity index (χ3n) is 2.45. The summed E-state index contributed by atoms with van der Waals surface area (Å²) in [6.07, 6.45) is -0.127. The van der Waals surface area contributed by atoms with Gasteiger partial charge in [0, 0.05) is 19.1 Å². The van der Waals surface area contributed by atoms with Gasteiger partial charge in [0.1, 0.15) is 11.8 Å². The van der Waals surface area contributed by atoms with Crippen LogP contribution in [0.15, 0.2) is 24.3 Å². The van der Waals surface area contributed by atoms with Gasteiger partial charge in [0.2, 0.25) is 0 Å². The predicted molar refractivity (Wildman–Crippen MR) is 69.9 cm³/mol. The van der Waals surface area contributed by atoms with Crippen molar-refractivity contribution in [1.82, 2.24) is 5.32 Å². The third-order valence-corrected chi connectivity index (χ3v) is 2.45. The second-order valence-corrected chi connectivity index (χ2v) is 4.01. The topological polar surface area (TPSA) is 139 Å². The molecule has 0 radical (unpaired) electrons. The average Bonchev–Trinajstić information content (AvgIpc) is 2.45. The Hall–Kier alpha value is -2.68. The quantitative estimate of drug-likeness (QED) is 0.450. The summed E-state index contributed by atoms with van der Waals surface area (Å²) in [6, 6.07) is 4.04. The number of non-ortho nitro benzene ring substituents is 1. The average molecular weight is 298 g/mol. The Labute approximate surface area is 119 Å². The van der Waals surface area contributed by atoms with Crippen LogP contribution in [0.3, 0.4) is 0 Å². The molecule has 1 rings (SSSR count). The van der Waals surface area contributed by atoms with Gasteiger partial charge in [-0.2, -0.15) is 0 Å². The van der Waals surface area contributed by atoms with Crippen LogP contribution >= 0.6 is 0 Å². The molecule has 0 saturated carbocycles. The first-order valence-electron chi connectivity index (χ1n) is 5.94. The number of hydrogen-bond acceptors (Lipinski definition) is 6. The number of nitrogens with zero attached hydrogens (tertiary/aromatic N) is 1. The Morgan fingerprint density at radius 3 is 2.71 bits per heavy atom. The van der Waals surface area contributed by atoms with E-state index in [-0.39, 0.29) is 24.5 Å². The van der Waals surface area contributed by atoms with Crippen molar-refractivity contribution in [1.29, 1.82) is 0 Å². The fourth-order valence-corrected chi connectivity index (χ4v) is 1.46. The molecule has 0 spiro atoms. The number of nitro benzene ring substituents is 1. The minimum atomic E-state index is -1.27. The van der Waals surface area contributed by atoms with E-state index in [1.54, 1.807) is 0 Å². The van der Waals surface area contributed by atoms with Gasteiger partial charge in [-0.25, -0.2) is 4.79 Å². The summed E-state index contributed by atoms with van der Waals surface area (Å²) in [7, 11) is 0. The fraction of sp³-hybridized carbons (Fsp3) is 0.333. The van der Waals surface area contributed by atoms with Gasteiger partial charge in [-0.05, 0) is 6.07 Å². The first-order valence-corrected chi connectivity index (χ1v) is 5.94. The number of hydrogen-bond donors (Lipinski definition) is 3. The molecular formula is C12H14N2O7. The largest absolute Gasteiger partial charge is 0.484 e. The van der Waals surface area contributed by atoms with Crippen LogP contribution in [-0.2, 0) is 9.59 Å². The highest BCUT2D eigenvalue weighted by molar-refractivity contribution is 5.84. The molecule has 1 aromatic carbocycles. The lowest BCUT2D eigenvalue weighted by Gasteiger charge is -2.13. The van der Waals surface area contributed by atoms with Crippen molar-refractivity contribution in [2.24, 2.45) is 0 Å². The second-order valence-electron chi connectivity index (χ2n) is 4.01. The van der Waals surface area contributed by atoms with Gasteiger partial charge in [-0.15, -0.1) is 0 Å². The van der Waals surface area contributed by atoms with Gasteiger partial charge in [-0.1, -0.05) is 6.07 Å². The Bertz CT molecular complexity index is 532. The smallest absolute Gasteiger partial charge is 0.326 e. The number of carboxylic acid groups (broad SMARTS) is 1. The molecule has 21 heavy (non-hydrogen) atoms. The highest BCUT2D eigenvalue weighted by atomic mass is 16.6. The molecular weight excluding hydrogens is 284 g/mol. The van der Waals surface area contributed by atoms with E-state index in [4.69, 9.17) is 14.9 Å². The first-order chi connectivity index (χ1) is 9.93. The Morgan fingerprint density at radius 1 is 1.43 bits per heavy atom. The zero-order valence-corrected chi connectivity index (χ0v) is 10.9. The van der Waals surface area contributed by atoms with Crippen LogP contribution in [0.1, 0.15) is 6.42 Å². The SMILES string of the molecule is O=C(COc1cccc([N+](=O)[O-])c1)N[C@H](CCO)C(=O)O. The number of carbonyl (C=O) groups is 2. The molecule has 9 nitrogen and oxygen atoms in total. The molecule has 0 aliphatic carbocycles. The van der Waals surface area contributed by atoms with E-state index in [0.29, 0.717) is 0 Å². The number of benzene rings is 1. The van der Waals surface area contributed by atoms with Crippen LogP contribution in [0.4, 0.5) is 5.69 Å². The number of carboxylic acids is 1. The van der Waals surface area contributed by atoms with E-state index in [2.05, 4.69) is 5.32 Å². The van der Waals surface area contributed by atoms with E-state index in [0.717, 1.165) is 6.07 Å². The van der Waals surface area contributed by atoms with Crippen molar-refractivity contribution in [3.63, 3.8) is 0 Å². The zero-order chi connectivity index (χ0) is 15.8. The van der Waals surface area contributed by atoms with Gasteiger partial charge in [-0.3, -0.25) is 14.9 Å². The van der Waals surface area contributed by atoms with Gasteiger partial charge in [0.25, 0.3) is 11.6 Å². The monoisotopic (exact) mass is 298 g/mol. The first kappa shape index (κ1) is 16.4. The number of carbonyl (C=O) groups excluding carboxylic acids is 1. The standard InChI is InChI=1S/C12H14N2O7/c15-5-4-10(12(17)18)13-11(16)7-21-9-3-1-2-8(6-9)14(19)20/h1-3,6,10,15H,4-5,7H2,(H,13,16)(H,17,18)/t10-/m1/s1. The van der Waals surface area contributed by atoms with Gasteiger partial charge < -0.3 is 20.3 Å². The second kappa shape index (κ2) is 7.80.